The van der Waals surface area contributed by atoms with Gasteiger partial charge >= 0.3 is 0 Å². The molecule has 1 aromatic rings. The van der Waals surface area contributed by atoms with Crippen molar-refractivity contribution in [2.75, 3.05) is 0 Å². The third-order valence-corrected chi connectivity index (χ3v) is 3.39. The first-order valence-corrected chi connectivity index (χ1v) is 5.64. The first kappa shape index (κ1) is 10.5. The van der Waals surface area contributed by atoms with E-state index in [0.29, 0.717) is 5.92 Å². The number of rotatable bonds is 2. The average Bonchev–Trinajstić information content (AvgIpc) is 2.64. The summed E-state index contributed by atoms with van der Waals surface area (Å²) in [6.07, 6.45) is 2.98. The summed E-state index contributed by atoms with van der Waals surface area (Å²) in [5, 5.41) is 19.5. The summed E-state index contributed by atoms with van der Waals surface area (Å²) in [5.41, 5.74) is 0.842. The molecule has 0 aromatic heterocycles. The summed E-state index contributed by atoms with van der Waals surface area (Å²) in [7, 11) is 0. The molecule has 2 rings (SSSR count). The molecule has 0 unspecified atom stereocenters. The summed E-state index contributed by atoms with van der Waals surface area (Å²) in [4.78, 5) is 0. The highest BCUT2D eigenvalue weighted by atomic mass is 16.3. The number of benzene rings is 1. The van der Waals surface area contributed by atoms with E-state index < -0.39 is 6.10 Å². The van der Waals surface area contributed by atoms with Gasteiger partial charge in [0.05, 0.1) is 6.10 Å². The molecular weight excluding hydrogens is 188 g/mol. The van der Waals surface area contributed by atoms with Crippen molar-refractivity contribution in [3.63, 3.8) is 0 Å². The van der Waals surface area contributed by atoms with Crippen LogP contribution >= 0.6 is 0 Å². The van der Waals surface area contributed by atoms with Crippen LogP contribution in [0.1, 0.15) is 37.9 Å². The van der Waals surface area contributed by atoms with Crippen LogP contribution in [0.2, 0.25) is 0 Å². The highest BCUT2D eigenvalue weighted by Gasteiger charge is 2.28. The predicted octanol–water partition coefficient (Wildman–Crippen LogP) is 2.86. The minimum Gasteiger partial charge on any atom is -0.508 e. The van der Waals surface area contributed by atoms with E-state index in [2.05, 4.69) is 6.92 Å². The smallest absolute Gasteiger partial charge is 0.115 e. The molecule has 2 heteroatoms. The van der Waals surface area contributed by atoms with Crippen LogP contribution in [-0.4, -0.2) is 10.2 Å². The molecule has 0 amide bonds. The molecule has 15 heavy (non-hydrogen) atoms. The lowest BCUT2D eigenvalue weighted by Gasteiger charge is -2.18. The number of aliphatic hydroxyl groups excluding tert-OH is 1. The van der Waals surface area contributed by atoms with Gasteiger partial charge in [0.1, 0.15) is 5.75 Å². The molecule has 1 aromatic carbocycles. The zero-order valence-corrected chi connectivity index (χ0v) is 9.06. The average molecular weight is 206 g/mol. The summed E-state index contributed by atoms with van der Waals surface area (Å²) in [6, 6.07) is 6.96. The third-order valence-electron chi connectivity index (χ3n) is 3.39. The molecule has 0 bridgehead atoms. The van der Waals surface area contributed by atoms with E-state index in [4.69, 9.17) is 0 Å². The quantitative estimate of drug-likeness (QED) is 0.781. The number of aromatic hydroxyl groups is 1. The van der Waals surface area contributed by atoms with E-state index in [1.54, 1.807) is 18.2 Å². The molecule has 1 aliphatic carbocycles. The van der Waals surface area contributed by atoms with E-state index in [0.717, 1.165) is 24.3 Å². The van der Waals surface area contributed by atoms with Gasteiger partial charge in [0.15, 0.2) is 0 Å². The van der Waals surface area contributed by atoms with Gasteiger partial charge in [-0.15, -0.1) is 0 Å². The number of phenols is 1. The second kappa shape index (κ2) is 4.23. The standard InChI is InChI=1S/C13H18O2/c1-9-5-6-11(7-9)13(15)10-3-2-4-12(14)8-10/h2-4,8-9,11,13-15H,5-7H2,1H3/t9-,11+,13+/m0/s1. The number of aliphatic hydroxyl groups is 1. The van der Waals surface area contributed by atoms with Gasteiger partial charge in [-0.3, -0.25) is 0 Å². The van der Waals surface area contributed by atoms with E-state index in [-0.39, 0.29) is 5.75 Å². The molecule has 1 aliphatic rings. The lowest BCUT2D eigenvalue weighted by molar-refractivity contribution is 0.109. The Bertz CT molecular complexity index is 335. The Kier molecular flexibility index (Phi) is 2.96. The second-order valence-electron chi connectivity index (χ2n) is 4.72. The minimum atomic E-state index is -0.415. The van der Waals surface area contributed by atoms with E-state index in [9.17, 15) is 10.2 Å². The molecule has 0 aliphatic heterocycles. The second-order valence-corrected chi connectivity index (χ2v) is 4.72. The van der Waals surface area contributed by atoms with E-state index >= 15 is 0 Å². The third kappa shape index (κ3) is 2.32. The predicted molar refractivity (Wildman–Crippen MR) is 59.6 cm³/mol. The molecule has 0 radical (unpaired) electrons. The molecule has 1 fully saturated rings. The Morgan fingerprint density at radius 3 is 2.73 bits per heavy atom. The normalized spacial score (nSPS) is 27.9. The van der Waals surface area contributed by atoms with Crippen LogP contribution in [0, 0.1) is 11.8 Å². The van der Waals surface area contributed by atoms with Crippen molar-refractivity contribution in [1.29, 1.82) is 0 Å². The van der Waals surface area contributed by atoms with Gasteiger partial charge in [0.25, 0.3) is 0 Å². The van der Waals surface area contributed by atoms with Gasteiger partial charge in [0.2, 0.25) is 0 Å². The fourth-order valence-corrected chi connectivity index (χ4v) is 2.52. The monoisotopic (exact) mass is 206 g/mol. The summed E-state index contributed by atoms with van der Waals surface area (Å²) >= 11 is 0. The molecule has 3 atom stereocenters. The largest absolute Gasteiger partial charge is 0.508 e. The summed E-state index contributed by atoms with van der Waals surface area (Å²) in [6.45, 7) is 2.23. The van der Waals surface area contributed by atoms with Crippen LogP contribution in [0.15, 0.2) is 24.3 Å². The fraction of sp³-hybridized carbons (Fsp3) is 0.538. The molecule has 2 N–H and O–H groups in total. The highest BCUT2D eigenvalue weighted by Crippen LogP contribution is 2.39. The van der Waals surface area contributed by atoms with Crippen LogP contribution in [0.5, 0.6) is 5.75 Å². The lowest BCUT2D eigenvalue weighted by Crippen LogP contribution is -2.09. The summed E-state index contributed by atoms with van der Waals surface area (Å²) in [5.74, 6) is 1.32. The van der Waals surface area contributed by atoms with Gasteiger partial charge in [-0.25, -0.2) is 0 Å². The molecule has 0 heterocycles. The van der Waals surface area contributed by atoms with Gasteiger partial charge in [-0.05, 0) is 42.4 Å². The SMILES string of the molecule is C[C@H]1CC[C@@H]([C@H](O)c2cccc(O)c2)C1. The maximum absolute atomic E-state index is 10.2. The Hall–Kier alpha value is -1.02. The minimum absolute atomic E-state index is 0.234. The molecule has 2 nitrogen and oxygen atoms in total. The Balaban J connectivity index is 2.10. The molecule has 0 saturated heterocycles. The van der Waals surface area contributed by atoms with Crippen LogP contribution in [-0.2, 0) is 0 Å². The van der Waals surface area contributed by atoms with Gasteiger partial charge in [-0.2, -0.15) is 0 Å². The lowest BCUT2D eigenvalue weighted by atomic mass is 9.93. The van der Waals surface area contributed by atoms with Crippen molar-refractivity contribution in [1.82, 2.24) is 0 Å². The Labute approximate surface area is 90.6 Å². The number of hydrogen-bond acceptors (Lipinski definition) is 2. The molecule has 0 spiro atoms. The molecule has 82 valence electrons. The van der Waals surface area contributed by atoms with Crippen molar-refractivity contribution in [2.24, 2.45) is 11.8 Å². The number of phenolic OH excluding ortho intramolecular Hbond substituents is 1. The summed E-state index contributed by atoms with van der Waals surface area (Å²) < 4.78 is 0. The maximum Gasteiger partial charge on any atom is 0.115 e. The van der Waals surface area contributed by atoms with E-state index in [1.165, 1.54) is 6.42 Å². The van der Waals surface area contributed by atoms with Crippen molar-refractivity contribution in [3.8, 4) is 5.75 Å². The first-order valence-electron chi connectivity index (χ1n) is 5.64. The Morgan fingerprint density at radius 2 is 2.13 bits per heavy atom. The van der Waals surface area contributed by atoms with Gasteiger partial charge in [-0.1, -0.05) is 25.5 Å². The van der Waals surface area contributed by atoms with Crippen molar-refractivity contribution < 1.29 is 10.2 Å². The highest BCUT2D eigenvalue weighted by molar-refractivity contribution is 5.29. The zero-order valence-electron chi connectivity index (χ0n) is 9.06. The zero-order chi connectivity index (χ0) is 10.8. The van der Waals surface area contributed by atoms with Crippen LogP contribution in [0.25, 0.3) is 0 Å². The number of hydrogen-bond donors (Lipinski definition) is 2. The molecular formula is C13H18O2. The van der Waals surface area contributed by atoms with Crippen molar-refractivity contribution in [3.05, 3.63) is 29.8 Å². The van der Waals surface area contributed by atoms with Crippen LogP contribution < -0.4 is 0 Å². The fourth-order valence-electron chi connectivity index (χ4n) is 2.52. The maximum atomic E-state index is 10.2. The topological polar surface area (TPSA) is 40.5 Å². The van der Waals surface area contributed by atoms with Crippen LogP contribution in [0.3, 0.4) is 0 Å². The molecule has 1 saturated carbocycles. The van der Waals surface area contributed by atoms with Gasteiger partial charge in [0, 0.05) is 0 Å². The van der Waals surface area contributed by atoms with Crippen LogP contribution in [0.4, 0.5) is 0 Å². The van der Waals surface area contributed by atoms with Gasteiger partial charge < -0.3 is 10.2 Å². The first-order chi connectivity index (χ1) is 7.16. The van der Waals surface area contributed by atoms with E-state index in [1.807, 2.05) is 6.07 Å². The Morgan fingerprint density at radius 1 is 1.33 bits per heavy atom. The van der Waals surface area contributed by atoms with Crippen molar-refractivity contribution in [2.45, 2.75) is 32.3 Å². The van der Waals surface area contributed by atoms with Crippen molar-refractivity contribution >= 4 is 0 Å².